The van der Waals surface area contributed by atoms with Gasteiger partial charge in [-0.15, -0.1) is 0 Å². The van der Waals surface area contributed by atoms with Crippen LogP contribution < -0.4 is 25.2 Å². The first kappa shape index (κ1) is 42.7. The lowest BCUT2D eigenvalue weighted by molar-refractivity contribution is -0.138. The first-order valence-corrected chi connectivity index (χ1v) is 21.4. The van der Waals surface area contributed by atoms with Crippen molar-refractivity contribution in [2.45, 2.75) is 87.4 Å². The summed E-state index contributed by atoms with van der Waals surface area (Å²) in [5.74, 6) is -3.36. The van der Waals surface area contributed by atoms with E-state index in [1.54, 1.807) is 6.07 Å². The Balaban J connectivity index is 0.909. The number of alkyl halides is 3. The third kappa shape index (κ3) is 9.95. The molecule has 19 heteroatoms. The summed E-state index contributed by atoms with van der Waals surface area (Å²) in [5, 5.41) is 15.4. The summed E-state index contributed by atoms with van der Waals surface area (Å²) in [6, 6.07) is 7.74. The van der Waals surface area contributed by atoms with E-state index in [4.69, 9.17) is 0 Å². The Bertz CT molecular complexity index is 2170. The van der Waals surface area contributed by atoms with Crippen LogP contribution in [0.5, 0.6) is 0 Å². The standard InChI is InChI=1S/C40H49F5N8O5S/c1-24-21-51(22-25-10-16-52(17-11-25)26-4-6-28(31(41)18-26)29-7-9-35(54)48-37(29)55)15-12-33(24)50-59(57,58)27-5-8-34(32(42)19-27)47-38-46-20-30(40(43,44)45)36(49-38)53-14-3-13-39(2,56)23-53/h4-6,8,18-20,24-25,29,33,50,56H,3,7,9-17,21-23H2,1-2H3,(H,46,47,49)(H,48,54,55)/t24-,29?,33+,39-/m0/s1. The number of aromatic nitrogens is 2. The van der Waals surface area contributed by atoms with Crippen LogP contribution in [0.4, 0.5) is 45.1 Å². The van der Waals surface area contributed by atoms with Crippen molar-refractivity contribution in [3.63, 3.8) is 0 Å². The van der Waals surface area contributed by atoms with Crippen molar-refractivity contribution in [2.75, 3.05) is 60.9 Å². The van der Waals surface area contributed by atoms with Gasteiger partial charge in [-0.05, 0) is 94.2 Å². The zero-order valence-electron chi connectivity index (χ0n) is 32.9. The van der Waals surface area contributed by atoms with E-state index in [0.29, 0.717) is 50.0 Å². The van der Waals surface area contributed by atoms with Gasteiger partial charge in [0.1, 0.15) is 23.0 Å². The molecular formula is C40H49F5N8O5S. The van der Waals surface area contributed by atoms with Crippen molar-refractivity contribution in [3.8, 4) is 0 Å². The Kier molecular flexibility index (Phi) is 12.2. The molecule has 2 amide bonds. The molecule has 4 atom stereocenters. The number of carbonyl (C=O) groups is 2. The van der Waals surface area contributed by atoms with Gasteiger partial charge in [0.05, 0.1) is 22.1 Å². The maximum absolute atomic E-state index is 15.4. The van der Waals surface area contributed by atoms with Gasteiger partial charge in [0.15, 0.2) is 0 Å². The van der Waals surface area contributed by atoms with Crippen LogP contribution in [0.1, 0.15) is 75.8 Å². The number of nitrogens with zero attached hydrogens (tertiary/aromatic N) is 5. The SMILES string of the molecule is C[C@H]1CN(CC2CCN(c3ccc(C4CCC(=O)NC4=O)c(F)c3)CC2)CC[C@H]1NS(=O)(=O)c1ccc(Nc2ncc(C(F)(F)F)c(N3CCC[C@](C)(O)C3)n2)c(F)c1. The lowest BCUT2D eigenvalue weighted by Gasteiger charge is -2.40. The number of benzene rings is 2. The molecule has 4 saturated heterocycles. The number of β-amino-alcohol motifs (C(OH)–C–C–N with tert-alkyl or cyclic N) is 1. The number of aliphatic hydroxyl groups is 1. The molecule has 4 aliphatic rings. The Morgan fingerprint density at radius 1 is 0.983 bits per heavy atom. The molecule has 59 heavy (non-hydrogen) atoms. The number of amides is 2. The largest absolute Gasteiger partial charge is 0.421 e. The van der Waals surface area contributed by atoms with Gasteiger partial charge in [0, 0.05) is 69.2 Å². The summed E-state index contributed by atoms with van der Waals surface area (Å²) in [6.45, 7) is 7.25. The molecule has 4 N–H and O–H groups in total. The first-order chi connectivity index (χ1) is 27.8. The molecule has 2 aromatic carbocycles. The van der Waals surface area contributed by atoms with Gasteiger partial charge in [-0.2, -0.15) is 18.2 Å². The van der Waals surface area contributed by atoms with Crippen molar-refractivity contribution in [1.82, 2.24) is 24.9 Å². The van der Waals surface area contributed by atoms with Crippen LogP contribution in [-0.4, -0.2) is 97.7 Å². The molecule has 3 aromatic rings. The summed E-state index contributed by atoms with van der Waals surface area (Å²) in [4.78, 5) is 37.0. The highest BCUT2D eigenvalue weighted by atomic mass is 32.2. The van der Waals surface area contributed by atoms with Gasteiger partial charge in [0.25, 0.3) is 0 Å². The highest BCUT2D eigenvalue weighted by Crippen LogP contribution is 2.38. The molecule has 0 saturated carbocycles. The number of piperidine rings is 4. The van der Waals surface area contributed by atoms with E-state index in [-0.39, 0.29) is 54.3 Å². The third-order valence-electron chi connectivity index (χ3n) is 11.9. The Labute approximate surface area is 339 Å². The molecule has 1 unspecified atom stereocenters. The van der Waals surface area contributed by atoms with E-state index in [1.165, 1.54) is 30.0 Å². The van der Waals surface area contributed by atoms with Gasteiger partial charge >= 0.3 is 6.18 Å². The second kappa shape index (κ2) is 16.9. The lowest BCUT2D eigenvalue weighted by atomic mass is 9.89. The second-order valence-corrected chi connectivity index (χ2v) is 18.3. The highest BCUT2D eigenvalue weighted by molar-refractivity contribution is 7.89. The van der Waals surface area contributed by atoms with Gasteiger partial charge in [-0.1, -0.05) is 13.0 Å². The number of hydrogen-bond acceptors (Lipinski definition) is 11. The fraction of sp³-hybridized carbons (Fsp3) is 0.550. The topological polar surface area (TPSA) is 160 Å². The molecular weight excluding hydrogens is 800 g/mol. The lowest BCUT2D eigenvalue weighted by Crippen LogP contribution is -2.51. The number of imide groups is 1. The highest BCUT2D eigenvalue weighted by Gasteiger charge is 2.40. The summed E-state index contributed by atoms with van der Waals surface area (Å²) < 4.78 is 102. The van der Waals surface area contributed by atoms with E-state index >= 15 is 8.78 Å². The number of anilines is 4. The van der Waals surface area contributed by atoms with Gasteiger partial charge in [-0.3, -0.25) is 14.9 Å². The van der Waals surface area contributed by atoms with Crippen LogP contribution in [0.3, 0.4) is 0 Å². The minimum Gasteiger partial charge on any atom is -0.388 e. The number of likely N-dealkylation sites (tertiary alicyclic amines) is 1. The average molecular weight is 849 g/mol. The van der Waals surface area contributed by atoms with Gasteiger partial charge < -0.3 is 25.1 Å². The van der Waals surface area contributed by atoms with Gasteiger partial charge in [0.2, 0.25) is 27.8 Å². The summed E-state index contributed by atoms with van der Waals surface area (Å²) in [6.07, 6.45) is -0.542. The molecule has 0 aliphatic carbocycles. The Morgan fingerprint density at radius 2 is 1.75 bits per heavy atom. The van der Waals surface area contributed by atoms with E-state index in [1.807, 2.05) is 13.0 Å². The summed E-state index contributed by atoms with van der Waals surface area (Å²) in [5.41, 5.74) is -1.51. The Morgan fingerprint density at radius 3 is 2.41 bits per heavy atom. The zero-order chi connectivity index (χ0) is 42.3. The molecule has 4 aliphatic heterocycles. The number of rotatable bonds is 10. The van der Waals surface area contributed by atoms with Crippen molar-refractivity contribution in [3.05, 3.63) is 65.4 Å². The van der Waals surface area contributed by atoms with Gasteiger partial charge in [-0.25, -0.2) is 26.9 Å². The third-order valence-corrected chi connectivity index (χ3v) is 13.4. The molecule has 1 aromatic heterocycles. The fourth-order valence-electron chi connectivity index (χ4n) is 8.72. The molecule has 13 nitrogen and oxygen atoms in total. The zero-order valence-corrected chi connectivity index (χ0v) is 33.7. The average Bonchev–Trinajstić information content (AvgIpc) is 3.16. The number of halogens is 5. The maximum atomic E-state index is 15.4. The number of sulfonamides is 1. The number of nitrogens with one attached hydrogen (secondary N) is 3. The maximum Gasteiger partial charge on any atom is 0.421 e. The predicted molar refractivity (Wildman–Crippen MR) is 210 cm³/mol. The van der Waals surface area contributed by atoms with Crippen molar-refractivity contribution in [2.24, 2.45) is 11.8 Å². The predicted octanol–water partition coefficient (Wildman–Crippen LogP) is 5.29. The minimum atomic E-state index is -4.78. The van der Waals surface area contributed by atoms with E-state index < -0.39 is 62.7 Å². The molecule has 320 valence electrons. The van der Waals surface area contributed by atoms with Crippen LogP contribution in [0.25, 0.3) is 0 Å². The fourth-order valence-corrected chi connectivity index (χ4v) is 10.1. The van der Waals surface area contributed by atoms with Crippen LogP contribution in [0.15, 0.2) is 47.5 Å². The second-order valence-electron chi connectivity index (χ2n) is 16.6. The van der Waals surface area contributed by atoms with Crippen LogP contribution in [0.2, 0.25) is 0 Å². The normalized spacial score (nSPS) is 25.3. The van der Waals surface area contributed by atoms with Crippen LogP contribution in [-0.2, 0) is 25.8 Å². The van der Waals surface area contributed by atoms with Crippen LogP contribution >= 0.6 is 0 Å². The molecule has 5 heterocycles. The quantitative estimate of drug-likeness (QED) is 0.155. The molecule has 0 bridgehead atoms. The van der Waals surface area contributed by atoms with E-state index in [2.05, 4.69) is 35.1 Å². The number of carbonyl (C=O) groups excluding carboxylic acids is 2. The van der Waals surface area contributed by atoms with Crippen LogP contribution in [0, 0.1) is 23.5 Å². The first-order valence-electron chi connectivity index (χ1n) is 20.0. The van der Waals surface area contributed by atoms with Crippen molar-refractivity contribution < 1.29 is 45.1 Å². The van der Waals surface area contributed by atoms with E-state index in [0.717, 1.165) is 44.2 Å². The smallest absolute Gasteiger partial charge is 0.388 e. The monoisotopic (exact) mass is 848 g/mol. The molecule has 4 fully saturated rings. The van der Waals surface area contributed by atoms with E-state index in [9.17, 15) is 36.3 Å². The Hall–Kier alpha value is -4.46. The molecule has 0 radical (unpaired) electrons. The molecule has 7 rings (SSSR count). The minimum absolute atomic E-state index is 0.0510. The number of hydrogen-bond donors (Lipinski definition) is 4. The summed E-state index contributed by atoms with van der Waals surface area (Å²) in [7, 11) is -4.14. The van der Waals surface area contributed by atoms with Crippen molar-refractivity contribution in [1.29, 1.82) is 0 Å². The van der Waals surface area contributed by atoms with Crippen molar-refractivity contribution >= 4 is 45.0 Å². The molecule has 0 spiro atoms. The summed E-state index contributed by atoms with van der Waals surface area (Å²) >= 11 is 0.